The van der Waals surface area contributed by atoms with Gasteiger partial charge in [-0.3, -0.25) is 4.99 Å². The smallest absolute Gasteiger partial charge is 0.191 e. The van der Waals surface area contributed by atoms with Crippen molar-refractivity contribution in [2.45, 2.75) is 58.0 Å². The lowest BCUT2D eigenvalue weighted by molar-refractivity contribution is 0.197. The van der Waals surface area contributed by atoms with Gasteiger partial charge in [-0.2, -0.15) is 0 Å². The molecule has 0 saturated heterocycles. The van der Waals surface area contributed by atoms with Crippen LogP contribution in [0.2, 0.25) is 0 Å². The molecule has 3 unspecified atom stereocenters. The van der Waals surface area contributed by atoms with Crippen LogP contribution in [-0.2, 0) is 17.7 Å². The Hall–Kier alpha value is -0.900. The average molecular weight is 476 g/mol. The van der Waals surface area contributed by atoms with Crippen LogP contribution in [0.5, 0.6) is 0 Å². The van der Waals surface area contributed by atoms with E-state index < -0.39 is 0 Å². The van der Waals surface area contributed by atoms with Crippen LogP contribution >= 0.6 is 24.0 Å². The summed E-state index contributed by atoms with van der Waals surface area (Å²) < 4.78 is 7.23. The minimum atomic E-state index is 0. The number of rotatable bonds is 9. The number of guanidine groups is 1. The van der Waals surface area contributed by atoms with Gasteiger partial charge >= 0.3 is 0 Å². The molecule has 2 aliphatic rings. The molecule has 2 fully saturated rings. The number of hydrogen-bond donors (Lipinski definition) is 2. The predicted octanol–water partition coefficient (Wildman–Crippen LogP) is 2.22. The van der Waals surface area contributed by atoms with Gasteiger partial charge in [0.05, 0.1) is 0 Å². The zero-order chi connectivity index (χ0) is 17.5. The van der Waals surface area contributed by atoms with Crippen LogP contribution in [0.1, 0.15) is 44.9 Å². The molecule has 2 saturated carbocycles. The van der Waals surface area contributed by atoms with Gasteiger partial charge in [-0.25, -0.2) is 0 Å². The van der Waals surface area contributed by atoms with E-state index in [-0.39, 0.29) is 24.0 Å². The van der Waals surface area contributed by atoms with Crippen LogP contribution in [-0.4, -0.2) is 53.6 Å². The van der Waals surface area contributed by atoms with Gasteiger partial charge in [-0.05, 0) is 37.5 Å². The molecule has 8 heteroatoms. The van der Waals surface area contributed by atoms with E-state index in [2.05, 4.69) is 32.3 Å². The maximum Gasteiger partial charge on any atom is 0.191 e. The lowest BCUT2D eigenvalue weighted by Crippen LogP contribution is -2.46. The normalized spacial score (nSPS) is 24.5. The van der Waals surface area contributed by atoms with Crippen molar-refractivity contribution < 1.29 is 4.74 Å². The zero-order valence-corrected chi connectivity index (χ0v) is 18.3. The van der Waals surface area contributed by atoms with Crippen molar-refractivity contribution in [2.24, 2.45) is 16.8 Å². The Morgan fingerprint density at radius 1 is 1.38 bits per heavy atom. The first-order valence-electron chi connectivity index (χ1n) is 9.70. The minimum absolute atomic E-state index is 0. The van der Waals surface area contributed by atoms with Crippen molar-refractivity contribution in [3.8, 4) is 0 Å². The largest absolute Gasteiger partial charge is 0.385 e. The van der Waals surface area contributed by atoms with Crippen molar-refractivity contribution in [3.05, 3.63) is 12.2 Å². The van der Waals surface area contributed by atoms with Gasteiger partial charge in [0.25, 0.3) is 0 Å². The van der Waals surface area contributed by atoms with Gasteiger partial charge in [-0.1, -0.05) is 13.3 Å². The highest BCUT2D eigenvalue weighted by molar-refractivity contribution is 14.0. The molecule has 0 radical (unpaired) electrons. The monoisotopic (exact) mass is 476 g/mol. The van der Waals surface area contributed by atoms with Gasteiger partial charge in [0.2, 0.25) is 0 Å². The number of halogens is 1. The van der Waals surface area contributed by atoms with Gasteiger partial charge in [-0.15, -0.1) is 34.2 Å². The third-order valence-electron chi connectivity index (χ3n) is 5.49. The van der Waals surface area contributed by atoms with E-state index in [1.165, 1.54) is 25.7 Å². The SMILES string of the molecule is CCc1nncn1CCNC(=NCCCOC)NC1CC2CCC1C2.I. The molecule has 2 N–H and O–H groups in total. The molecule has 1 aromatic heterocycles. The van der Waals surface area contributed by atoms with Crippen LogP contribution < -0.4 is 10.6 Å². The highest BCUT2D eigenvalue weighted by Gasteiger charge is 2.39. The van der Waals surface area contributed by atoms with Gasteiger partial charge < -0.3 is 19.9 Å². The summed E-state index contributed by atoms with van der Waals surface area (Å²) in [6.07, 6.45) is 9.15. The van der Waals surface area contributed by atoms with Crippen LogP contribution in [0.3, 0.4) is 0 Å². The second-order valence-corrected chi connectivity index (χ2v) is 7.22. The molecule has 0 aromatic carbocycles. The van der Waals surface area contributed by atoms with E-state index in [1.54, 1.807) is 13.4 Å². The van der Waals surface area contributed by atoms with Crippen LogP contribution in [0.4, 0.5) is 0 Å². The minimum Gasteiger partial charge on any atom is -0.385 e. The highest BCUT2D eigenvalue weighted by Crippen LogP contribution is 2.44. The zero-order valence-electron chi connectivity index (χ0n) is 16.0. The van der Waals surface area contributed by atoms with E-state index in [0.29, 0.717) is 6.04 Å². The number of methoxy groups -OCH3 is 1. The predicted molar refractivity (Wildman–Crippen MR) is 114 cm³/mol. The topological polar surface area (TPSA) is 76.4 Å². The summed E-state index contributed by atoms with van der Waals surface area (Å²) in [6, 6.07) is 0.591. The average Bonchev–Trinajstić information content (AvgIpc) is 3.35. The number of ether oxygens (including phenoxy) is 1. The molecule has 26 heavy (non-hydrogen) atoms. The van der Waals surface area contributed by atoms with Crippen molar-refractivity contribution >= 4 is 29.9 Å². The van der Waals surface area contributed by atoms with E-state index in [0.717, 1.165) is 62.7 Å². The lowest BCUT2D eigenvalue weighted by Gasteiger charge is -2.25. The van der Waals surface area contributed by atoms with Crippen LogP contribution in [0.25, 0.3) is 0 Å². The summed E-state index contributed by atoms with van der Waals surface area (Å²) in [4.78, 5) is 4.74. The summed E-state index contributed by atoms with van der Waals surface area (Å²) in [5.74, 6) is 3.74. The maximum atomic E-state index is 5.13. The number of hydrogen-bond acceptors (Lipinski definition) is 4. The molecule has 2 bridgehead atoms. The molecule has 3 rings (SSSR count). The second-order valence-electron chi connectivity index (χ2n) is 7.22. The second kappa shape index (κ2) is 11.1. The molecule has 0 amide bonds. The van der Waals surface area contributed by atoms with Gasteiger partial charge in [0.1, 0.15) is 12.2 Å². The molecule has 1 heterocycles. The summed E-state index contributed by atoms with van der Waals surface area (Å²) in [5.41, 5.74) is 0. The van der Waals surface area contributed by atoms with E-state index in [4.69, 9.17) is 9.73 Å². The van der Waals surface area contributed by atoms with Crippen LogP contribution in [0.15, 0.2) is 11.3 Å². The Balaban J connectivity index is 0.00000243. The Bertz CT molecular complexity index is 564. The van der Waals surface area contributed by atoms with Crippen molar-refractivity contribution in [1.82, 2.24) is 25.4 Å². The highest BCUT2D eigenvalue weighted by atomic mass is 127. The number of aryl methyl sites for hydroxylation is 1. The quantitative estimate of drug-likeness (QED) is 0.248. The Kier molecular flexibility index (Phi) is 9.10. The molecular weight excluding hydrogens is 443 g/mol. The number of aromatic nitrogens is 3. The van der Waals surface area contributed by atoms with E-state index >= 15 is 0 Å². The Labute approximate surface area is 173 Å². The first-order valence-corrected chi connectivity index (χ1v) is 9.70. The van der Waals surface area contributed by atoms with Crippen molar-refractivity contribution in [2.75, 3.05) is 26.8 Å². The van der Waals surface area contributed by atoms with Crippen molar-refractivity contribution in [1.29, 1.82) is 0 Å². The third kappa shape index (κ3) is 5.80. The van der Waals surface area contributed by atoms with Crippen molar-refractivity contribution in [3.63, 3.8) is 0 Å². The first kappa shape index (κ1) is 21.4. The summed E-state index contributed by atoms with van der Waals surface area (Å²) in [7, 11) is 1.74. The van der Waals surface area contributed by atoms with E-state index in [1.807, 2.05) is 0 Å². The number of aliphatic imine (C=N–C) groups is 1. The molecule has 148 valence electrons. The Morgan fingerprint density at radius 3 is 2.96 bits per heavy atom. The van der Waals surface area contributed by atoms with Gasteiger partial charge in [0.15, 0.2) is 5.96 Å². The maximum absolute atomic E-state index is 5.13. The molecule has 0 aliphatic heterocycles. The van der Waals surface area contributed by atoms with Gasteiger partial charge in [0, 0.05) is 45.8 Å². The van der Waals surface area contributed by atoms with Crippen LogP contribution in [0, 0.1) is 11.8 Å². The number of nitrogens with zero attached hydrogens (tertiary/aromatic N) is 4. The summed E-state index contributed by atoms with van der Waals surface area (Å²) >= 11 is 0. The molecule has 2 aliphatic carbocycles. The summed E-state index contributed by atoms with van der Waals surface area (Å²) in [5, 5.41) is 15.3. The van der Waals surface area contributed by atoms with E-state index in [9.17, 15) is 0 Å². The number of fused-ring (bicyclic) bond motifs is 2. The molecule has 7 nitrogen and oxygen atoms in total. The first-order chi connectivity index (χ1) is 12.3. The standard InChI is InChI=1S/C18H32N6O.HI/c1-3-17-23-21-13-24(17)9-8-20-18(19-7-4-10-25-2)22-16-12-14-5-6-15(16)11-14;/h13-16H,3-12H2,1-2H3,(H2,19,20,22);1H. The summed E-state index contributed by atoms with van der Waals surface area (Å²) in [6.45, 7) is 5.32. The molecule has 0 spiro atoms. The molecular formula is C18H33IN6O. The number of nitrogens with one attached hydrogen (secondary N) is 2. The molecule has 3 atom stereocenters. The Morgan fingerprint density at radius 2 is 2.27 bits per heavy atom. The molecule has 1 aromatic rings. The fourth-order valence-corrected chi connectivity index (χ4v) is 4.18. The fourth-order valence-electron chi connectivity index (χ4n) is 4.18. The third-order valence-corrected chi connectivity index (χ3v) is 5.49. The lowest BCUT2D eigenvalue weighted by atomic mass is 9.95. The fraction of sp³-hybridized carbons (Fsp3) is 0.833.